The highest BCUT2D eigenvalue weighted by atomic mass is 35.5. The minimum absolute atomic E-state index is 0.0251. The Bertz CT molecular complexity index is 396. The van der Waals surface area contributed by atoms with Gasteiger partial charge in [-0.05, 0) is 26.8 Å². The van der Waals surface area contributed by atoms with Gasteiger partial charge in [0.2, 0.25) is 0 Å². The Morgan fingerprint density at radius 2 is 2.12 bits per heavy atom. The smallest absolute Gasteiger partial charge is 0.143 e. The molecule has 3 N–H and O–H groups in total. The van der Waals surface area contributed by atoms with Crippen LogP contribution in [0.1, 0.15) is 20.8 Å². The lowest BCUT2D eigenvalue weighted by molar-refractivity contribution is 0.000705. The van der Waals surface area contributed by atoms with E-state index >= 15 is 0 Å². The first-order valence-electron chi connectivity index (χ1n) is 5.48. The summed E-state index contributed by atoms with van der Waals surface area (Å²) in [7, 11) is 0. The number of halogens is 2. The Labute approximate surface area is 106 Å². The molecule has 0 amide bonds. The van der Waals surface area contributed by atoms with Crippen molar-refractivity contribution in [3.63, 3.8) is 0 Å². The average molecular weight is 261 g/mol. The van der Waals surface area contributed by atoms with Crippen LogP contribution in [-0.2, 0) is 4.74 Å². The minimum Gasteiger partial charge on any atom is -0.397 e. The van der Waals surface area contributed by atoms with Crippen LogP contribution in [0.2, 0.25) is 5.02 Å². The molecule has 0 atom stereocenters. The summed E-state index contributed by atoms with van der Waals surface area (Å²) in [6.07, 6.45) is 0. The lowest BCUT2D eigenvalue weighted by Crippen LogP contribution is -2.33. The van der Waals surface area contributed by atoms with Crippen molar-refractivity contribution >= 4 is 23.0 Å². The lowest BCUT2D eigenvalue weighted by atomic mass is 10.1. The summed E-state index contributed by atoms with van der Waals surface area (Å²) in [5.74, 6) is -0.488. The molecule has 0 saturated heterocycles. The van der Waals surface area contributed by atoms with Crippen LogP contribution in [0.4, 0.5) is 15.8 Å². The molecule has 1 aromatic carbocycles. The molecule has 0 heterocycles. The highest BCUT2D eigenvalue weighted by Crippen LogP contribution is 2.26. The van der Waals surface area contributed by atoms with Gasteiger partial charge in [0.1, 0.15) is 5.82 Å². The second-order valence-corrected chi connectivity index (χ2v) is 4.81. The maximum absolute atomic E-state index is 13.3. The van der Waals surface area contributed by atoms with Crippen LogP contribution in [0.5, 0.6) is 0 Å². The molecule has 0 radical (unpaired) electrons. The number of anilines is 2. The second kappa shape index (κ2) is 5.56. The van der Waals surface area contributed by atoms with Gasteiger partial charge in [-0.15, -0.1) is 0 Å². The first-order chi connectivity index (χ1) is 7.85. The molecular formula is C12H18ClFN2O. The molecule has 5 heteroatoms. The first kappa shape index (κ1) is 14.1. The second-order valence-electron chi connectivity index (χ2n) is 4.40. The maximum atomic E-state index is 13.3. The van der Waals surface area contributed by atoms with Gasteiger partial charge >= 0.3 is 0 Å². The van der Waals surface area contributed by atoms with E-state index in [0.717, 1.165) is 0 Å². The van der Waals surface area contributed by atoms with E-state index in [0.29, 0.717) is 24.5 Å². The zero-order chi connectivity index (χ0) is 13.1. The van der Waals surface area contributed by atoms with E-state index in [2.05, 4.69) is 5.32 Å². The number of nitrogens with one attached hydrogen (secondary N) is 1. The average Bonchev–Trinajstić information content (AvgIpc) is 2.21. The summed E-state index contributed by atoms with van der Waals surface area (Å²) in [6.45, 7) is 6.99. The molecule has 3 nitrogen and oxygen atoms in total. The molecule has 0 aliphatic rings. The Morgan fingerprint density at radius 3 is 2.71 bits per heavy atom. The van der Waals surface area contributed by atoms with Crippen molar-refractivity contribution in [1.29, 1.82) is 0 Å². The fourth-order valence-electron chi connectivity index (χ4n) is 1.47. The number of rotatable bonds is 5. The van der Waals surface area contributed by atoms with Gasteiger partial charge in [-0.3, -0.25) is 0 Å². The minimum atomic E-state index is -0.488. The number of hydrogen-bond donors (Lipinski definition) is 2. The quantitative estimate of drug-likeness (QED) is 0.799. The fraction of sp³-hybridized carbons (Fsp3) is 0.500. The molecule has 1 aromatic rings. The zero-order valence-corrected chi connectivity index (χ0v) is 11.1. The van der Waals surface area contributed by atoms with Gasteiger partial charge in [0.05, 0.1) is 22.0 Å². The number of nitrogen functional groups attached to an aromatic ring is 1. The zero-order valence-electron chi connectivity index (χ0n) is 10.3. The summed E-state index contributed by atoms with van der Waals surface area (Å²) in [5, 5.41) is 3.08. The summed E-state index contributed by atoms with van der Waals surface area (Å²) in [6, 6.07) is 2.69. The predicted molar refractivity (Wildman–Crippen MR) is 70.0 cm³/mol. The molecular weight excluding hydrogens is 243 g/mol. The molecule has 0 spiro atoms. The van der Waals surface area contributed by atoms with Gasteiger partial charge in [0.25, 0.3) is 0 Å². The van der Waals surface area contributed by atoms with Gasteiger partial charge in [0, 0.05) is 19.2 Å². The van der Waals surface area contributed by atoms with Crippen LogP contribution < -0.4 is 11.1 Å². The van der Waals surface area contributed by atoms with E-state index in [4.69, 9.17) is 22.1 Å². The topological polar surface area (TPSA) is 47.3 Å². The van der Waals surface area contributed by atoms with Gasteiger partial charge in [-0.1, -0.05) is 11.6 Å². The monoisotopic (exact) mass is 260 g/mol. The number of nitrogens with two attached hydrogens (primary N) is 1. The van der Waals surface area contributed by atoms with Crippen molar-refractivity contribution in [2.45, 2.75) is 26.4 Å². The lowest BCUT2D eigenvalue weighted by Gasteiger charge is -2.25. The van der Waals surface area contributed by atoms with Gasteiger partial charge in [-0.25, -0.2) is 4.39 Å². The van der Waals surface area contributed by atoms with Crippen molar-refractivity contribution in [3.8, 4) is 0 Å². The van der Waals surface area contributed by atoms with E-state index in [9.17, 15) is 4.39 Å². The van der Waals surface area contributed by atoms with E-state index in [1.807, 2.05) is 20.8 Å². The highest BCUT2D eigenvalue weighted by Gasteiger charge is 2.18. The summed E-state index contributed by atoms with van der Waals surface area (Å²) < 4.78 is 18.8. The Balaban J connectivity index is 2.73. The van der Waals surface area contributed by atoms with Crippen LogP contribution in [-0.4, -0.2) is 18.8 Å². The van der Waals surface area contributed by atoms with E-state index < -0.39 is 5.82 Å². The first-order valence-corrected chi connectivity index (χ1v) is 5.86. The summed E-state index contributed by atoms with van der Waals surface area (Å²) in [5.41, 5.74) is 6.35. The fourth-order valence-corrected chi connectivity index (χ4v) is 1.64. The van der Waals surface area contributed by atoms with Crippen LogP contribution in [0.15, 0.2) is 12.1 Å². The molecule has 0 saturated carbocycles. The van der Waals surface area contributed by atoms with Crippen LogP contribution in [0.25, 0.3) is 0 Å². The molecule has 0 unspecified atom stereocenters. The van der Waals surface area contributed by atoms with Crippen LogP contribution in [0.3, 0.4) is 0 Å². The largest absolute Gasteiger partial charge is 0.397 e. The Morgan fingerprint density at radius 1 is 1.47 bits per heavy atom. The molecule has 0 aliphatic heterocycles. The third-order valence-electron chi connectivity index (χ3n) is 2.33. The van der Waals surface area contributed by atoms with Gasteiger partial charge in [0.15, 0.2) is 0 Å². The van der Waals surface area contributed by atoms with Gasteiger partial charge in [-0.2, -0.15) is 0 Å². The van der Waals surface area contributed by atoms with Crippen molar-refractivity contribution in [3.05, 3.63) is 23.0 Å². The SMILES string of the molecule is CCOC(C)(C)CNc1cc(F)c(Cl)cc1N. The summed E-state index contributed by atoms with van der Waals surface area (Å²) in [4.78, 5) is 0. The van der Waals surface area contributed by atoms with E-state index in [1.165, 1.54) is 12.1 Å². The van der Waals surface area contributed by atoms with Gasteiger partial charge < -0.3 is 15.8 Å². The molecule has 96 valence electrons. The van der Waals surface area contributed by atoms with Crippen molar-refractivity contribution < 1.29 is 9.13 Å². The normalized spacial score (nSPS) is 11.6. The molecule has 0 aromatic heterocycles. The third-order valence-corrected chi connectivity index (χ3v) is 2.62. The summed E-state index contributed by atoms with van der Waals surface area (Å²) >= 11 is 5.62. The van der Waals surface area contributed by atoms with Crippen molar-refractivity contribution in [2.24, 2.45) is 0 Å². The molecule has 0 fully saturated rings. The maximum Gasteiger partial charge on any atom is 0.143 e. The van der Waals surface area contributed by atoms with Crippen LogP contribution in [0, 0.1) is 5.82 Å². The number of ether oxygens (including phenoxy) is 1. The van der Waals surface area contributed by atoms with E-state index in [-0.39, 0.29) is 10.6 Å². The third kappa shape index (κ3) is 4.06. The highest BCUT2D eigenvalue weighted by molar-refractivity contribution is 6.31. The predicted octanol–water partition coefficient (Wildman–Crippen LogP) is 3.29. The molecule has 0 bridgehead atoms. The number of hydrogen-bond acceptors (Lipinski definition) is 3. The Hall–Kier alpha value is -1.00. The molecule has 1 rings (SSSR count). The van der Waals surface area contributed by atoms with Crippen LogP contribution >= 0.6 is 11.6 Å². The van der Waals surface area contributed by atoms with Crippen molar-refractivity contribution in [1.82, 2.24) is 0 Å². The molecule has 0 aliphatic carbocycles. The Kier molecular flexibility index (Phi) is 4.60. The number of benzene rings is 1. The molecule has 17 heavy (non-hydrogen) atoms. The van der Waals surface area contributed by atoms with E-state index in [1.54, 1.807) is 0 Å². The van der Waals surface area contributed by atoms with Crippen molar-refractivity contribution in [2.75, 3.05) is 24.2 Å². The standard InChI is InChI=1S/C12H18ClFN2O/c1-4-17-12(2,3)7-16-11-6-9(14)8(13)5-10(11)15/h5-6,16H,4,7,15H2,1-3H3.